The summed E-state index contributed by atoms with van der Waals surface area (Å²) in [6.45, 7) is 0. The number of hydrogen-bond acceptors (Lipinski definition) is 5. The van der Waals surface area contributed by atoms with Crippen LogP contribution in [0, 0.1) is 0 Å². The Balaban J connectivity index is 1.27. The largest absolute Gasteiger partial charge is 0.437 e. The van der Waals surface area contributed by atoms with Crippen LogP contribution in [0.2, 0.25) is 0 Å². The lowest BCUT2D eigenvalue weighted by Gasteiger charge is -2.18. The molecule has 202 valence electrons. The number of furan rings is 1. The van der Waals surface area contributed by atoms with E-state index in [2.05, 4.69) is 83.9 Å². The van der Waals surface area contributed by atoms with E-state index in [9.17, 15) is 0 Å². The van der Waals surface area contributed by atoms with Crippen LogP contribution < -0.4 is 0 Å². The van der Waals surface area contributed by atoms with Crippen LogP contribution >= 0.6 is 0 Å². The third kappa shape index (κ3) is 3.86. The lowest BCUT2D eigenvalue weighted by molar-refractivity contribution is 0.657. The van der Waals surface area contributed by atoms with Crippen molar-refractivity contribution in [2.24, 2.45) is 0 Å². The number of benzene rings is 5. The third-order valence-corrected chi connectivity index (χ3v) is 8.51. The van der Waals surface area contributed by atoms with E-state index in [0.29, 0.717) is 23.2 Å². The fourth-order valence-electron chi connectivity index (χ4n) is 6.40. The van der Waals surface area contributed by atoms with E-state index in [1.54, 1.807) is 6.20 Å². The maximum atomic E-state index is 6.26. The van der Waals surface area contributed by atoms with E-state index < -0.39 is 0 Å². The van der Waals surface area contributed by atoms with Gasteiger partial charge in [-0.05, 0) is 70.0 Å². The van der Waals surface area contributed by atoms with E-state index in [0.717, 1.165) is 56.7 Å². The first kappa shape index (κ1) is 24.0. The van der Waals surface area contributed by atoms with Crippen LogP contribution in [-0.4, -0.2) is 19.9 Å². The minimum atomic E-state index is 0.640. The number of aryl methyl sites for hydroxylation is 1. The van der Waals surface area contributed by atoms with Crippen LogP contribution in [-0.2, 0) is 6.42 Å². The smallest absolute Gasteiger partial charge is 0.227 e. The van der Waals surface area contributed by atoms with Crippen molar-refractivity contribution in [3.05, 3.63) is 132 Å². The summed E-state index contributed by atoms with van der Waals surface area (Å²) in [4.78, 5) is 19.7. The molecular formula is C38H24N4O. The number of pyridine rings is 1. The van der Waals surface area contributed by atoms with Gasteiger partial charge in [-0.3, -0.25) is 0 Å². The summed E-state index contributed by atoms with van der Waals surface area (Å²) < 4.78 is 6.26. The Kier molecular flexibility index (Phi) is 5.26. The average Bonchev–Trinajstić information content (AvgIpc) is 3.47. The van der Waals surface area contributed by atoms with Gasteiger partial charge in [-0.25, -0.2) is 19.9 Å². The number of rotatable bonds is 3. The monoisotopic (exact) mass is 552 g/mol. The predicted molar refractivity (Wildman–Crippen MR) is 173 cm³/mol. The summed E-state index contributed by atoms with van der Waals surface area (Å²) in [5.74, 6) is 2.03. The zero-order valence-electron chi connectivity index (χ0n) is 23.2. The molecule has 0 saturated heterocycles. The van der Waals surface area contributed by atoms with Gasteiger partial charge in [0.15, 0.2) is 17.5 Å². The quantitative estimate of drug-likeness (QED) is 0.219. The Bertz CT molecular complexity index is 2410. The number of nitrogens with zero attached hydrogens (tertiary/aromatic N) is 4. The summed E-state index contributed by atoms with van der Waals surface area (Å²) in [6.07, 6.45) is 5.85. The van der Waals surface area contributed by atoms with Crippen molar-refractivity contribution in [2.75, 3.05) is 0 Å². The zero-order valence-corrected chi connectivity index (χ0v) is 23.2. The third-order valence-electron chi connectivity index (χ3n) is 8.51. The van der Waals surface area contributed by atoms with Gasteiger partial charge >= 0.3 is 0 Å². The van der Waals surface area contributed by atoms with Gasteiger partial charge in [-0.2, -0.15) is 0 Å². The fourth-order valence-corrected chi connectivity index (χ4v) is 6.40. The summed E-state index contributed by atoms with van der Waals surface area (Å²) in [5, 5.41) is 6.59. The molecule has 0 saturated carbocycles. The van der Waals surface area contributed by atoms with Crippen molar-refractivity contribution in [1.82, 2.24) is 19.9 Å². The fraction of sp³-hybridized carbons (Fsp3) is 0.0526. The second-order valence-electron chi connectivity index (χ2n) is 11.0. The Morgan fingerprint density at radius 3 is 2.26 bits per heavy atom. The molecule has 0 unspecified atom stereocenters. The first-order valence-corrected chi connectivity index (χ1v) is 14.5. The van der Waals surface area contributed by atoms with Crippen LogP contribution in [0.4, 0.5) is 0 Å². The van der Waals surface area contributed by atoms with Gasteiger partial charge in [-0.15, -0.1) is 0 Å². The molecular weight excluding hydrogens is 528 g/mol. The second kappa shape index (κ2) is 9.43. The van der Waals surface area contributed by atoms with Gasteiger partial charge < -0.3 is 4.42 Å². The molecule has 5 aromatic carbocycles. The summed E-state index contributed by atoms with van der Waals surface area (Å²) in [7, 11) is 0. The maximum Gasteiger partial charge on any atom is 0.227 e. The van der Waals surface area contributed by atoms with E-state index in [4.69, 9.17) is 19.4 Å². The van der Waals surface area contributed by atoms with Crippen molar-refractivity contribution in [2.45, 2.75) is 12.8 Å². The molecule has 9 rings (SSSR count). The van der Waals surface area contributed by atoms with Gasteiger partial charge in [0.2, 0.25) is 5.71 Å². The molecule has 1 aliphatic rings. The highest BCUT2D eigenvalue weighted by atomic mass is 16.3. The van der Waals surface area contributed by atoms with Gasteiger partial charge in [0.05, 0.1) is 0 Å². The van der Waals surface area contributed by atoms with Crippen molar-refractivity contribution >= 4 is 55.3 Å². The molecule has 8 aromatic rings. The number of allylic oxidation sites excluding steroid dienone is 1. The first-order chi connectivity index (χ1) is 21.3. The van der Waals surface area contributed by atoms with Gasteiger partial charge in [0.1, 0.15) is 5.58 Å². The van der Waals surface area contributed by atoms with E-state index in [-0.39, 0.29) is 0 Å². The van der Waals surface area contributed by atoms with Crippen LogP contribution in [0.3, 0.4) is 0 Å². The normalized spacial score (nSPS) is 13.1. The summed E-state index contributed by atoms with van der Waals surface area (Å²) >= 11 is 0. The molecule has 0 amide bonds. The van der Waals surface area contributed by atoms with E-state index in [1.165, 1.54) is 21.9 Å². The molecule has 0 radical (unpaired) electrons. The zero-order chi connectivity index (χ0) is 28.3. The molecule has 0 N–H and O–H groups in total. The Morgan fingerprint density at radius 1 is 0.535 bits per heavy atom. The molecule has 43 heavy (non-hydrogen) atoms. The molecule has 0 fully saturated rings. The maximum absolute atomic E-state index is 6.26. The Labute approximate surface area is 247 Å². The number of aromatic nitrogens is 4. The average molecular weight is 553 g/mol. The number of hydrogen-bond donors (Lipinski definition) is 0. The van der Waals surface area contributed by atoms with E-state index >= 15 is 0 Å². The topological polar surface area (TPSA) is 64.7 Å². The molecule has 0 aliphatic heterocycles. The second-order valence-corrected chi connectivity index (χ2v) is 11.0. The van der Waals surface area contributed by atoms with Crippen molar-refractivity contribution in [1.29, 1.82) is 0 Å². The van der Waals surface area contributed by atoms with Crippen molar-refractivity contribution in [3.8, 4) is 22.8 Å². The summed E-state index contributed by atoms with van der Waals surface area (Å²) in [5.41, 5.74) is 7.10. The molecule has 0 spiro atoms. The van der Waals surface area contributed by atoms with Crippen LogP contribution in [0.5, 0.6) is 0 Å². The van der Waals surface area contributed by atoms with Gasteiger partial charge in [0, 0.05) is 33.5 Å². The highest BCUT2D eigenvalue weighted by Gasteiger charge is 2.20. The highest BCUT2D eigenvalue weighted by molar-refractivity contribution is 6.16. The Hall–Kier alpha value is -5.68. The minimum Gasteiger partial charge on any atom is -0.437 e. The molecule has 3 aromatic heterocycles. The Morgan fingerprint density at radius 2 is 1.30 bits per heavy atom. The van der Waals surface area contributed by atoms with Crippen molar-refractivity contribution in [3.63, 3.8) is 0 Å². The first-order valence-electron chi connectivity index (χ1n) is 14.5. The lowest BCUT2D eigenvalue weighted by Crippen LogP contribution is -2.06. The van der Waals surface area contributed by atoms with E-state index in [1.807, 2.05) is 36.4 Å². The van der Waals surface area contributed by atoms with Crippen LogP contribution in [0.1, 0.15) is 23.4 Å². The SMILES string of the molecule is C1=C(c2nc(-c3ccccc3)nc(-c3cccc4c3ccc3c5cccnc5oc43)n2)CCc2ccc3ccccc3c21. The van der Waals surface area contributed by atoms with Gasteiger partial charge in [0.25, 0.3) is 0 Å². The molecule has 5 heteroatoms. The minimum absolute atomic E-state index is 0.640. The molecule has 0 atom stereocenters. The van der Waals surface area contributed by atoms with Crippen LogP contribution in [0.25, 0.3) is 78.0 Å². The molecule has 0 bridgehead atoms. The number of fused-ring (bicyclic) bond motifs is 8. The lowest BCUT2D eigenvalue weighted by atomic mass is 9.88. The standard InChI is InChI=1S/C38H24N4O/c1-2-9-25(10-3-1)35-40-36(26-18-17-24-16-15-23-8-4-5-11-27(23)33(24)22-26)42-37(41-35)31-13-6-12-29-28(31)19-20-30-32-14-7-21-39-38(32)43-34(29)30/h1-16,19-22H,17-18H2. The molecule has 3 heterocycles. The van der Waals surface area contributed by atoms with Crippen molar-refractivity contribution < 1.29 is 4.42 Å². The predicted octanol–water partition coefficient (Wildman–Crippen LogP) is 9.29. The molecule has 5 nitrogen and oxygen atoms in total. The highest BCUT2D eigenvalue weighted by Crippen LogP contribution is 2.38. The summed E-state index contributed by atoms with van der Waals surface area (Å²) in [6, 6.07) is 37.7. The van der Waals surface area contributed by atoms with Gasteiger partial charge in [-0.1, -0.05) is 91.0 Å². The molecule has 1 aliphatic carbocycles. The van der Waals surface area contributed by atoms with Crippen LogP contribution in [0.15, 0.2) is 120 Å².